The molecule has 0 saturated carbocycles. The molecule has 1 saturated heterocycles. The summed E-state index contributed by atoms with van der Waals surface area (Å²) in [4.78, 5) is 4.37. The van der Waals surface area contributed by atoms with E-state index >= 15 is 0 Å². The highest BCUT2D eigenvalue weighted by atomic mass is 19.4. The molecule has 1 fully saturated rings. The number of hydrogen-bond acceptors (Lipinski definition) is 3. The van der Waals surface area contributed by atoms with Crippen molar-refractivity contribution in [2.45, 2.75) is 32.2 Å². The molecule has 0 aliphatic carbocycles. The van der Waals surface area contributed by atoms with Gasteiger partial charge in [0.05, 0.1) is 0 Å². The minimum Gasteiger partial charge on any atom is -0.406 e. The van der Waals surface area contributed by atoms with Crippen LogP contribution in [0, 0.1) is 12.3 Å². The van der Waals surface area contributed by atoms with E-state index in [9.17, 15) is 13.2 Å². The van der Waals surface area contributed by atoms with Gasteiger partial charge in [0, 0.05) is 30.5 Å². The van der Waals surface area contributed by atoms with E-state index in [0.717, 1.165) is 18.4 Å². The zero-order valence-corrected chi connectivity index (χ0v) is 16.4. The van der Waals surface area contributed by atoms with Crippen LogP contribution in [0.2, 0.25) is 0 Å². The number of alkyl halides is 3. The molecule has 0 amide bonds. The Kier molecular flexibility index (Phi) is 6.94. The smallest absolute Gasteiger partial charge is 0.406 e. The van der Waals surface area contributed by atoms with E-state index in [1.165, 1.54) is 24.3 Å². The zero-order chi connectivity index (χ0) is 21.6. The average Bonchev–Trinajstić information content (AvgIpc) is 2.69. The highest BCUT2D eigenvalue weighted by Crippen LogP contribution is 2.24. The van der Waals surface area contributed by atoms with Crippen LogP contribution in [-0.2, 0) is 4.74 Å². The summed E-state index contributed by atoms with van der Waals surface area (Å²) in [6.07, 6.45) is -3.16. The second kappa shape index (κ2) is 9.62. The summed E-state index contributed by atoms with van der Waals surface area (Å²) in [5.41, 5.74) is 2.25. The normalized spacial score (nSPS) is 15.5. The summed E-state index contributed by atoms with van der Waals surface area (Å²) in [6, 6.07) is 12.9. The van der Waals surface area contributed by atoms with Crippen molar-refractivity contribution in [1.82, 2.24) is 5.32 Å². The molecule has 2 aromatic rings. The number of anilines is 1. The van der Waals surface area contributed by atoms with Crippen molar-refractivity contribution in [2.24, 2.45) is 4.99 Å². The first kappa shape index (κ1) is 21.6. The Morgan fingerprint density at radius 1 is 1.07 bits per heavy atom. The van der Waals surface area contributed by atoms with E-state index < -0.39 is 6.36 Å². The number of nitrogens with one attached hydrogen (secondary N) is 3. The monoisotopic (exact) mass is 420 g/mol. The van der Waals surface area contributed by atoms with Gasteiger partial charge in [0.1, 0.15) is 5.75 Å². The Morgan fingerprint density at radius 2 is 1.70 bits per heavy atom. The first-order chi connectivity index (χ1) is 14.3. The lowest BCUT2D eigenvalue weighted by molar-refractivity contribution is -0.274. The van der Waals surface area contributed by atoms with Gasteiger partial charge in [-0.05, 0) is 44.0 Å². The van der Waals surface area contributed by atoms with E-state index in [1.807, 2.05) is 31.2 Å². The summed E-state index contributed by atoms with van der Waals surface area (Å²) >= 11 is 0. The van der Waals surface area contributed by atoms with Crippen LogP contribution in [0.3, 0.4) is 0 Å². The number of guanidine groups is 1. The number of aryl methyl sites for hydroxylation is 1. The first-order valence-electron chi connectivity index (χ1n) is 9.50. The Labute approximate surface area is 172 Å². The third kappa shape index (κ3) is 6.77. The molecule has 1 heterocycles. The number of amidine groups is 1. The maximum Gasteiger partial charge on any atom is 0.573 e. The highest BCUT2D eigenvalue weighted by molar-refractivity contribution is 6.07. The van der Waals surface area contributed by atoms with Gasteiger partial charge in [-0.3, -0.25) is 5.41 Å². The fourth-order valence-electron chi connectivity index (χ4n) is 2.90. The maximum atomic E-state index is 12.3. The molecular weight excluding hydrogens is 397 g/mol. The van der Waals surface area contributed by atoms with E-state index in [0.29, 0.717) is 30.4 Å². The predicted molar refractivity (Wildman–Crippen MR) is 109 cm³/mol. The molecule has 2 aromatic carbocycles. The quantitative estimate of drug-likeness (QED) is 0.504. The topological polar surface area (TPSA) is 78.7 Å². The molecule has 160 valence electrons. The van der Waals surface area contributed by atoms with Crippen molar-refractivity contribution in [3.05, 3.63) is 59.7 Å². The number of ether oxygens (including phenoxy) is 2. The second-order valence-electron chi connectivity index (χ2n) is 6.90. The van der Waals surface area contributed by atoms with Crippen LogP contribution < -0.4 is 15.4 Å². The van der Waals surface area contributed by atoms with E-state index in [-0.39, 0.29) is 17.6 Å². The minimum absolute atomic E-state index is 0.0640. The molecule has 0 aromatic heterocycles. The fourth-order valence-corrected chi connectivity index (χ4v) is 2.90. The van der Waals surface area contributed by atoms with Crippen LogP contribution >= 0.6 is 0 Å². The van der Waals surface area contributed by atoms with Gasteiger partial charge < -0.3 is 20.1 Å². The molecule has 0 unspecified atom stereocenters. The number of benzene rings is 2. The molecule has 30 heavy (non-hydrogen) atoms. The maximum absolute atomic E-state index is 12.3. The second-order valence-corrected chi connectivity index (χ2v) is 6.90. The molecule has 3 N–H and O–H groups in total. The molecular formula is C21H23F3N4O2. The molecule has 1 aliphatic rings. The number of nitrogens with zero attached hydrogens (tertiary/aromatic N) is 1. The summed E-state index contributed by atoms with van der Waals surface area (Å²) < 4.78 is 46.3. The van der Waals surface area contributed by atoms with Crippen LogP contribution in [0.15, 0.2) is 53.5 Å². The van der Waals surface area contributed by atoms with Crippen molar-refractivity contribution < 1.29 is 22.6 Å². The van der Waals surface area contributed by atoms with Gasteiger partial charge in [0.15, 0.2) is 5.84 Å². The van der Waals surface area contributed by atoms with Crippen molar-refractivity contribution in [3.8, 4) is 5.75 Å². The number of rotatable bonds is 4. The number of aliphatic imine (C=N–C) groups is 1. The Balaban J connectivity index is 1.76. The summed E-state index contributed by atoms with van der Waals surface area (Å²) in [5.74, 6) is 0.0994. The van der Waals surface area contributed by atoms with Crippen LogP contribution in [0.25, 0.3) is 0 Å². The van der Waals surface area contributed by atoms with Crippen molar-refractivity contribution in [3.63, 3.8) is 0 Å². The van der Waals surface area contributed by atoms with Gasteiger partial charge in [-0.25, -0.2) is 0 Å². The van der Waals surface area contributed by atoms with Gasteiger partial charge in [-0.15, -0.1) is 13.2 Å². The van der Waals surface area contributed by atoms with Crippen LogP contribution in [-0.4, -0.2) is 37.4 Å². The largest absolute Gasteiger partial charge is 0.573 e. The lowest BCUT2D eigenvalue weighted by atomic mass is 10.1. The zero-order valence-electron chi connectivity index (χ0n) is 16.4. The SMILES string of the molecule is Cc1ccc(C(=N)/N=C(\Nc2ccc(OC(F)(F)F)cc2)NC2CCOCC2)cc1. The van der Waals surface area contributed by atoms with Gasteiger partial charge in [0.2, 0.25) is 5.96 Å². The van der Waals surface area contributed by atoms with Crippen molar-refractivity contribution in [1.29, 1.82) is 5.41 Å². The van der Waals surface area contributed by atoms with Crippen LogP contribution in [0.5, 0.6) is 5.75 Å². The van der Waals surface area contributed by atoms with Gasteiger partial charge in [-0.2, -0.15) is 4.99 Å². The molecule has 0 bridgehead atoms. The average molecular weight is 420 g/mol. The molecule has 0 radical (unpaired) electrons. The summed E-state index contributed by atoms with van der Waals surface area (Å²) in [6.45, 7) is 3.22. The van der Waals surface area contributed by atoms with Gasteiger partial charge in [-0.1, -0.05) is 29.8 Å². The molecule has 9 heteroatoms. The Bertz CT molecular complexity index is 875. The number of hydrogen-bond donors (Lipinski definition) is 3. The van der Waals surface area contributed by atoms with Crippen molar-refractivity contribution >= 4 is 17.5 Å². The summed E-state index contributed by atoms with van der Waals surface area (Å²) in [5, 5.41) is 14.6. The Hall–Kier alpha value is -3.07. The highest BCUT2D eigenvalue weighted by Gasteiger charge is 2.31. The third-order valence-electron chi connectivity index (χ3n) is 4.46. The minimum atomic E-state index is -4.74. The molecule has 0 atom stereocenters. The van der Waals surface area contributed by atoms with Gasteiger partial charge >= 0.3 is 6.36 Å². The third-order valence-corrected chi connectivity index (χ3v) is 4.46. The van der Waals surface area contributed by atoms with E-state index in [2.05, 4.69) is 20.4 Å². The fraction of sp³-hybridized carbons (Fsp3) is 0.333. The lowest BCUT2D eigenvalue weighted by Crippen LogP contribution is -2.42. The first-order valence-corrected chi connectivity index (χ1v) is 9.50. The molecule has 6 nitrogen and oxygen atoms in total. The summed E-state index contributed by atoms with van der Waals surface area (Å²) in [7, 11) is 0. The van der Waals surface area contributed by atoms with E-state index in [4.69, 9.17) is 10.1 Å². The lowest BCUT2D eigenvalue weighted by Gasteiger charge is -2.25. The standard InChI is InChI=1S/C21H23F3N4O2/c1-14-2-4-15(5-3-14)19(25)28-20(27-17-10-12-29-13-11-17)26-16-6-8-18(9-7-16)30-21(22,23)24/h2-9,17H,10-13H2,1H3,(H3,25,26,27,28). The van der Waals surface area contributed by atoms with Crippen molar-refractivity contribution in [2.75, 3.05) is 18.5 Å². The molecule has 0 spiro atoms. The van der Waals surface area contributed by atoms with Crippen LogP contribution in [0.1, 0.15) is 24.0 Å². The van der Waals surface area contributed by atoms with Gasteiger partial charge in [0.25, 0.3) is 0 Å². The van der Waals surface area contributed by atoms with E-state index in [1.54, 1.807) is 0 Å². The molecule has 3 rings (SSSR count). The number of halogens is 3. The van der Waals surface area contributed by atoms with Crippen LogP contribution in [0.4, 0.5) is 18.9 Å². The molecule has 1 aliphatic heterocycles. The Morgan fingerprint density at radius 3 is 2.30 bits per heavy atom. The predicted octanol–water partition coefficient (Wildman–Crippen LogP) is 4.46.